The smallest absolute Gasteiger partial charge is 0.267 e. The number of anilines is 2. The van der Waals surface area contributed by atoms with E-state index in [0.717, 1.165) is 16.5 Å². The molecule has 28 heavy (non-hydrogen) atoms. The number of nitrogens with zero attached hydrogens (tertiary/aromatic N) is 1. The van der Waals surface area contributed by atoms with E-state index in [1.807, 2.05) is 48.5 Å². The van der Waals surface area contributed by atoms with Crippen LogP contribution in [-0.4, -0.2) is 14.3 Å². The molecule has 0 bridgehead atoms. The van der Waals surface area contributed by atoms with Gasteiger partial charge in [-0.05, 0) is 35.7 Å². The van der Waals surface area contributed by atoms with Crippen molar-refractivity contribution in [2.24, 2.45) is 5.14 Å². The Kier molecular flexibility index (Phi) is 5.40. The van der Waals surface area contributed by atoms with Crippen LogP contribution in [0.15, 0.2) is 83.4 Å². The first-order valence-corrected chi connectivity index (χ1v) is 9.72. The van der Waals surface area contributed by atoms with Crippen LogP contribution in [-0.2, 0) is 14.8 Å². The summed E-state index contributed by atoms with van der Waals surface area (Å²) in [5.41, 5.74) is 0.961. The molecule has 8 heteroatoms. The fraction of sp³-hybridized carbons (Fsp3) is 0. The third-order valence-corrected chi connectivity index (χ3v) is 4.90. The van der Waals surface area contributed by atoms with Crippen LogP contribution in [0.5, 0.6) is 0 Å². The minimum Gasteiger partial charge on any atom is -0.360 e. The second-order valence-corrected chi connectivity index (χ2v) is 7.43. The summed E-state index contributed by atoms with van der Waals surface area (Å²) in [6, 6.07) is 20.6. The van der Waals surface area contributed by atoms with E-state index < -0.39 is 15.9 Å². The highest BCUT2D eigenvalue weighted by Crippen LogP contribution is 2.23. The molecule has 0 radical (unpaired) electrons. The van der Waals surface area contributed by atoms with E-state index in [-0.39, 0.29) is 10.5 Å². The molecule has 140 valence electrons. The maximum absolute atomic E-state index is 12.3. The lowest BCUT2D eigenvalue weighted by Gasteiger charge is -2.08. The third-order valence-electron chi connectivity index (χ3n) is 3.97. The van der Waals surface area contributed by atoms with Gasteiger partial charge in [-0.3, -0.25) is 4.79 Å². The molecule has 3 aromatic rings. The van der Waals surface area contributed by atoms with Gasteiger partial charge in [-0.1, -0.05) is 36.4 Å². The van der Waals surface area contributed by atoms with Crippen molar-refractivity contribution in [1.82, 2.24) is 0 Å². The van der Waals surface area contributed by atoms with Gasteiger partial charge in [0.25, 0.3) is 5.91 Å². The first-order valence-electron chi connectivity index (χ1n) is 8.17. The molecular weight excluding hydrogens is 376 g/mol. The number of rotatable bonds is 5. The molecule has 0 aliphatic rings. The van der Waals surface area contributed by atoms with Crippen molar-refractivity contribution in [2.75, 3.05) is 10.6 Å². The van der Waals surface area contributed by atoms with Crippen molar-refractivity contribution in [1.29, 1.82) is 5.26 Å². The van der Waals surface area contributed by atoms with E-state index in [9.17, 15) is 18.5 Å². The number of nitriles is 1. The molecule has 0 heterocycles. The second kappa shape index (κ2) is 7.92. The zero-order chi connectivity index (χ0) is 20.1. The fourth-order valence-corrected chi connectivity index (χ4v) is 3.09. The van der Waals surface area contributed by atoms with E-state index in [2.05, 4.69) is 10.6 Å². The topological polar surface area (TPSA) is 125 Å². The molecule has 0 aliphatic carbocycles. The lowest BCUT2D eigenvalue weighted by molar-refractivity contribution is -0.112. The molecule has 0 atom stereocenters. The van der Waals surface area contributed by atoms with Crippen LogP contribution >= 0.6 is 0 Å². The van der Waals surface area contributed by atoms with Crippen molar-refractivity contribution in [3.8, 4) is 6.07 Å². The number of carbonyl (C=O) groups is 1. The van der Waals surface area contributed by atoms with Gasteiger partial charge >= 0.3 is 0 Å². The molecule has 0 saturated carbocycles. The van der Waals surface area contributed by atoms with Gasteiger partial charge in [-0.2, -0.15) is 5.26 Å². The van der Waals surface area contributed by atoms with E-state index >= 15 is 0 Å². The number of nitrogens with one attached hydrogen (secondary N) is 2. The number of primary sulfonamides is 1. The number of carbonyl (C=O) groups excluding carboxylic acids is 1. The molecule has 7 nitrogen and oxygen atoms in total. The summed E-state index contributed by atoms with van der Waals surface area (Å²) in [5.74, 6) is -0.626. The van der Waals surface area contributed by atoms with Gasteiger partial charge in [0.15, 0.2) is 0 Å². The summed E-state index contributed by atoms with van der Waals surface area (Å²) in [5, 5.41) is 21.9. The lowest BCUT2D eigenvalue weighted by atomic mass is 10.1. The molecule has 3 aromatic carbocycles. The SMILES string of the molecule is N#C/C(=C/Nc1cccc2ccccc12)C(=O)Nc1ccc(S(N)(=O)=O)cc1. The van der Waals surface area contributed by atoms with Gasteiger partial charge in [-0.25, -0.2) is 13.6 Å². The van der Waals surface area contributed by atoms with Crippen LogP contribution < -0.4 is 15.8 Å². The van der Waals surface area contributed by atoms with Gasteiger partial charge in [0.1, 0.15) is 11.6 Å². The molecule has 1 amide bonds. The van der Waals surface area contributed by atoms with Crippen molar-refractivity contribution < 1.29 is 13.2 Å². The lowest BCUT2D eigenvalue weighted by Crippen LogP contribution is -2.15. The summed E-state index contributed by atoms with van der Waals surface area (Å²) in [6.07, 6.45) is 1.33. The Bertz CT molecular complexity index is 1200. The Morgan fingerprint density at radius 1 is 1.00 bits per heavy atom. The highest BCUT2D eigenvalue weighted by atomic mass is 32.2. The van der Waals surface area contributed by atoms with Crippen LogP contribution in [0.4, 0.5) is 11.4 Å². The minimum atomic E-state index is -3.81. The predicted octanol–water partition coefficient (Wildman–Crippen LogP) is 2.95. The Hall–Kier alpha value is -3.67. The van der Waals surface area contributed by atoms with Gasteiger partial charge < -0.3 is 10.6 Å². The fourth-order valence-electron chi connectivity index (χ4n) is 2.58. The quantitative estimate of drug-likeness (QED) is 0.455. The van der Waals surface area contributed by atoms with Gasteiger partial charge in [0.2, 0.25) is 10.0 Å². The molecular formula is C20H16N4O3S. The van der Waals surface area contributed by atoms with Gasteiger partial charge in [-0.15, -0.1) is 0 Å². The Morgan fingerprint density at radius 2 is 1.68 bits per heavy atom. The molecule has 3 rings (SSSR count). The van der Waals surface area contributed by atoms with Gasteiger partial charge in [0.05, 0.1) is 4.90 Å². The van der Waals surface area contributed by atoms with Crippen molar-refractivity contribution in [2.45, 2.75) is 4.90 Å². The monoisotopic (exact) mass is 392 g/mol. The predicted molar refractivity (Wildman–Crippen MR) is 108 cm³/mol. The van der Waals surface area contributed by atoms with Crippen molar-refractivity contribution >= 4 is 38.1 Å². The number of sulfonamides is 1. The Balaban J connectivity index is 1.77. The van der Waals surface area contributed by atoms with E-state index in [1.54, 1.807) is 0 Å². The number of benzene rings is 3. The molecule has 0 unspecified atom stereocenters. The number of hydrogen-bond acceptors (Lipinski definition) is 5. The molecule has 4 N–H and O–H groups in total. The first kappa shape index (κ1) is 19.1. The zero-order valence-electron chi connectivity index (χ0n) is 14.6. The average molecular weight is 392 g/mol. The molecule has 0 aromatic heterocycles. The molecule has 0 spiro atoms. The highest BCUT2D eigenvalue weighted by molar-refractivity contribution is 7.89. The van der Waals surface area contributed by atoms with E-state index in [1.165, 1.54) is 30.5 Å². The number of nitrogens with two attached hydrogens (primary N) is 1. The normalized spacial score (nSPS) is 11.6. The third kappa shape index (κ3) is 4.35. The van der Waals surface area contributed by atoms with Crippen LogP contribution in [0.3, 0.4) is 0 Å². The van der Waals surface area contributed by atoms with E-state index in [4.69, 9.17) is 5.14 Å². The van der Waals surface area contributed by atoms with Crippen LogP contribution in [0.1, 0.15) is 0 Å². The number of amides is 1. The summed E-state index contributed by atoms with van der Waals surface area (Å²) in [6.45, 7) is 0. The maximum Gasteiger partial charge on any atom is 0.267 e. The van der Waals surface area contributed by atoms with Crippen molar-refractivity contribution in [3.05, 3.63) is 78.5 Å². The first-order chi connectivity index (χ1) is 13.4. The standard InChI is InChI=1S/C20H16N4O3S/c21-12-15(13-23-19-7-3-5-14-4-1-2-6-18(14)19)20(25)24-16-8-10-17(11-9-16)28(22,26)27/h1-11,13,23H,(H,24,25)(H2,22,26,27)/b15-13-. The number of hydrogen-bond donors (Lipinski definition) is 3. The zero-order valence-corrected chi connectivity index (χ0v) is 15.4. The molecule has 0 aliphatic heterocycles. The number of fused-ring (bicyclic) bond motifs is 1. The minimum absolute atomic E-state index is 0.0702. The largest absolute Gasteiger partial charge is 0.360 e. The van der Waals surface area contributed by atoms with Crippen LogP contribution in [0.25, 0.3) is 10.8 Å². The van der Waals surface area contributed by atoms with Crippen LogP contribution in [0.2, 0.25) is 0 Å². The summed E-state index contributed by atoms with van der Waals surface area (Å²) in [7, 11) is -3.81. The second-order valence-electron chi connectivity index (χ2n) is 5.86. The summed E-state index contributed by atoms with van der Waals surface area (Å²) in [4.78, 5) is 12.3. The molecule has 0 saturated heterocycles. The average Bonchev–Trinajstić information content (AvgIpc) is 2.68. The summed E-state index contributed by atoms with van der Waals surface area (Å²) >= 11 is 0. The Labute approximate surface area is 162 Å². The Morgan fingerprint density at radius 3 is 2.36 bits per heavy atom. The van der Waals surface area contributed by atoms with Crippen LogP contribution in [0, 0.1) is 11.3 Å². The molecule has 0 fully saturated rings. The van der Waals surface area contributed by atoms with Gasteiger partial charge in [0, 0.05) is 23.0 Å². The highest BCUT2D eigenvalue weighted by Gasteiger charge is 2.11. The van der Waals surface area contributed by atoms with E-state index in [0.29, 0.717) is 5.69 Å². The summed E-state index contributed by atoms with van der Waals surface area (Å²) < 4.78 is 22.5. The maximum atomic E-state index is 12.3. The van der Waals surface area contributed by atoms with Crippen molar-refractivity contribution in [3.63, 3.8) is 0 Å².